The molecule has 0 aliphatic rings. The Morgan fingerprint density at radius 1 is 1.17 bits per heavy atom. The van der Waals surface area contributed by atoms with E-state index >= 15 is 0 Å². The zero-order valence-electron chi connectivity index (χ0n) is 14.0. The summed E-state index contributed by atoms with van der Waals surface area (Å²) < 4.78 is 5.33. The van der Waals surface area contributed by atoms with Crippen LogP contribution in [0.3, 0.4) is 0 Å². The second-order valence-corrected chi connectivity index (χ2v) is 4.73. The molecule has 0 fully saturated rings. The van der Waals surface area contributed by atoms with Gasteiger partial charge in [0, 0.05) is 33.1 Å². The summed E-state index contributed by atoms with van der Waals surface area (Å²) in [5, 5.41) is 9.10. The number of rotatable bonds is 8. The summed E-state index contributed by atoms with van der Waals surface area (Å²) in [4.78, 5) is 15.3. The fraction of sp³-hybridized carbons (Fsp3) is 0.500. The molecule has 7 heteroatoms. The van der Waals surface area contributed by atoms with Gasteiger partial charge in [0.15, 0.2) is 5.96 Å². The second kappa shape index (κ2) is 13.0. The minimum absolute atomic E-state index is 0. The lowest BCUT2D eigenvalue weighted by atomic mass is 10.1. The molecular weight excluding hydrogens is 407 g/mol. The van der Waals surface area contributed by atoms with Crippen LogP contribution >= 0.6 is 24.0 Å². The van der Waals surface area contributed by atoms with Crippen molar-refractivity contribution in [1.29, 1.82) is 0 Å². The number of para-hydroxylation sites is 1. The van der Waals surface area contributed by atoms with Gasteiger partial charge >= 0.3 is 0 Å². The first-order valence-corrected chi connectivity index (χ1v) is 7.56. The lowest BCUT2D eigenvalue weighted by Crippen LogP contribution is -2.41. The van der Waals surface area contributed by atoms with Gasteiger partial charge in [0.1, 0.15) is 5.75 Å². The van der Waals surface area contributed by atoms with Gasteiger partial charge in [-0.3, -0.25) is 9.79 Å². The third-order valence-electron chi connectivity index (χ3n) is 2.98. The Balaban J connectivity index is 0.00000484. The van der Waals surface area contributed by atoms with Crippen LogP contribution < -0.4 is 20.7 Å². The van der Waals surface area contributed by atoms with E-state index in [2.05, 4.69) is 20.9 Å². The van der Waals surface area contributed by atoms with Crippen molar-refractivity contribution in [2.45, 2.75) is 20.3 Å². The SMILES string of the molecule is CCNC(=NCCc1ccccc1OC)NCCNC(C)=O.I. The molecule has 0 unspecified atom stereocenters. The Kier molecular flexibility index (Phi) is 12.1. The number of hydrogen-bond donors (Lipinski definition) is 3. The number of ether oxygens (including phenoxy) is 1. The highest BCUT2D eigenvalue weighted by molar-refractivity contribution is 14.0. The van der Waals surface area contributed by atoms with Crippen molar-refractivity contribution < 1.29 is 9.53 Å². The molecule has 0 heterocycles. The van der Waals surface area contributed by atoms with Crippen LogP contribution in [-0.4, -0.2) is 45.2 Å². The monoisotopic (exact) mass is 434 g/mol. The summed E-state index contributed by atoms with van der Waals surface area (Å²) in [6, 6.07) is 7.96. The van der Waals surface area contributed by atoms with E-state index in [1.807, 2.05) is 31.2 Å². The molecule has 1 amide bonds. The number of hydrogen-bond acceptors (Lipinski definition) is 3. The molecule has 130 valence electrons. The smallest absolute Gasteiger partial charge is 0.216 e. The normalized spacial score (nSPS) is 10.5. The highest BCUT2D eigenvalue weighted by Gasteiger charge is 2.01. The van der Waals surface area contributed by atoms with Crippen LogP contribution in [0.4, 0.5) is 0 Å². The maximum Gasteiger partial charge on any atom is 0.216 e. The molecule has 0 saturated carbocycles. The molecule has 6 nitrogen and oxygen atoms in total. The quantitative estimate of drug-likeness (QED) is 0.251. The van der Waals surface area contributed by atoms with Gasteiger partial charge in [-0.25, -0.2) is 0 Å². The van der Waals surface area contributed by atoms with E-state index in [0.29, 0.717) is 19.6 Å². The first-order chi connectivity index (χ1) is 10.7. The summed E-state index contributed by atoms with van der Waals surface area (Å²) in [6.07, 6.45) is 0.812. The molecule has 0 radical (unpaired) electrons. The van der Waals surface area contributed by atoms with Crippen molar-refractivity contribution in [3.8, 4) is 5.75 Å². The summed E-state index contributed by atoms with van der Waals surface area (Å²) in [5.41, 5.74) is 1.14. The fourth-order valence-electron chi connectivity index (χ4n) is 1.96. The van der Waals surface area contributed by atoms with Gasteiger partial charge in [-0.05, 0) is 25.0 Å². The standard InChI is InChI=1S/C16H26N4O2.HI/c1-4-17-16(20-12-11-18-13(2)21)19-10-9-14-7-5-6-8-15(14)22-3;/h5-8H,4,9-12H2,1-3H3,(H,18,21)(H2,17,19,20);1H. The number of amides is 1. The van der Waals surface area contributed by atoms with Crippen molar-refractivity contribution in [3.05, 3.63) is 29.8 Å². The van der Waals surface area contributed by atoms with Gasteiger partial charge in [0.05, 0.1) is 7.11 Å². The van der Waals surface area contributed by atoms with Crippen LogP contribution in [0.1, 0.15) is 19.4 Å². The molecule has 0 bridgehead atoms. The third kappa shape index (κ3) is 9.27. The van der Waals surface area contributed by atoms with Crippen molar-refractivity contribution in [1.82, 2.24) is 16.0 Å². The predicted molar refractivity (Wildman–Crippen MR) is 105 cm³/mol. The minimum Gasteiger partial charge on any atom is -0.496 e. The highest BCUT2D eigenvalue weighted by Crippen LogP contribution is 2.17. The van der Waals surface area contributed by atoms with E-state index < -0.39 is 0 Å². The molecule has 0 spiro atoms. The first kappa shape index (κ1) is 21.5. The summed E-state index contributed by atoms with van der Waals surface area (Å²) in [5.74, 6) is 1.61. The fourth-order valence-corrected chi connectivity index (χ4v) is 1.96. The molecule has 1 rings (SSSR count). The van der Waals surface area contributed by atoms with Gasteiger partial charge in [-0.15, -0.1) is 24.0 Å². The van der Waals surface area contributed by atoms with E-state index in [9.17, 15) is 4.79 Å². The molecule has 0 aliphatic heterocycles. The third-order valence-corrected chi connectivity index (χ3v) is 2.98. The number of aliphatic imine (C=N–C) groups is 1. The summed E-state index contributed by atoms with van der Waals surface area (Å²) in [6.45, 7) is 6.20. The van der Waals surface area contributed by atoms with Crippen LogP contribution in [-0.2, 0) is 11.2 Å². The molecule has 1 aromatic carbocycles. The van der Waals surface area contributed by atoms with Crippen molar-refractivity contribution in [2.24, 2.45) is 4.99 Å². The molecule has 3 N–H and O–H groups in total. The summed E-state index contributed by atoms with van der Waals surface area (Å²) in [7, 11) is 1.68. The van der Waals surface area contributed by atoms with Crippen LogP contribution in [0.5, 0.6) is 5.75 Å². The molecule has 0 saturated heterocycles. The zero-order chi connectivity index (χ0) is 16.2. The maximum atomic E-state index is 10.8. The van der Waals surface area contributed by atoms with Gasteiger partial charge in [-0.2, -0.15) is 0 Å². The number of guanidine groups is 1. The van der Waals surface area contributed by atoms with Gasteiger partial charge in [0.2, 0.25) is 5.91 Å². The number of nitrogens with zero attached hydrogens (tertiary/aromatic N) is 1. The van der Waals surface area contributed by atoms with Gasteiger partial charge in [-0.1, -0.05) is 18.2 Å². The van der Waals surface area contributed by atoms with E-state index in [0.717, 1.165) is 30.2 Å². The molecule has 0 atom stereocenters. The molecule has 0 aliphatic carbocycles. The van der Waals surface area contributed by atoms with Crippen molar-refractivity contribution in [3.63, 3.8) is 0 Å². The largest absolute Gasteiger partial charge is 0.496 e. The maximum absolute atomic E-state index is 10.8. The van der Waals surface area contributed by atoms with Crippen molar-refractivity contribution in [2.75, 3.05) is 33.3 Å². The Morgan fingerprint density at radius 3 is 2.52 bits per heavy atom. The average molecular weight is 434 g/mol. The Hall–Kier alpha value is -1.51. The number of carbonyl (C=O) groups is 1. The Labute approximate surface area is 155 Å². The zero-order valence-corrected chi connectivity index (χ0v) is 16.3. The highest BCUT2D eigenvalue weighted by atomic mass is 127. The number of benzene rings is 1. The first-order valence-electron chi connectivity index (χ1n) is 7.56. The number of carbonyl (C=O) groups excluding carboxylic acids is 1. The predicted octanol–water partition coefficient (Wildman–Crippen LogP) is 1.55. The molecule has 1 aromatic rings. The number of halogens is 1. The van der Waals surface area contributed by atoms with Crippen LogP contribution in [0.2, 0.25) is 0 Å². The lowest BCUT2D eigenvalue weighted by molar-refractivity contribution is -0.118. The van der Waals surface area contributed by atoms with E-state index in [1.165, 1.54) is 6.92 Å². The number of methoxy groups -OCH3 is 1. The lowest BCUT2D eigenvalue weighted by Gasteiger charge is -2.12. The Bertz CT molecular complexity index is 495. The second-order valence-electron chi connectivity index (χ2n) is 4.73. The van der Waals surface area contributed by atoms with Gasteiger partial charge in [0.25, 0.3) is 0 Å². The van der Waals surface area contributed by atoms with Crippen molar-refractivity contribution >= 4 is 35.8 Å². The summed E-state index contributed by atoms with van der Waals surface area (Å²) >= 11 is 0. The van der Waals surface area contributed by atoms with Crippen LogP contribution in [0, 0.1) is 0 Å². The van der Waals surface area contributed by atoms with Crippen LogP contribution in [0.15, 0.2) is 29.3 Å². The van der Waals surface area contributed by atoms with Gasteiger partial charge < -0.3 is 20.7 Å². The van der Waals surface area contributed by atoms with E-state index in [4.69, 9.17) is 4.74 Å². The van der Waals surface area contributed by atoms with E-state index in [-0.39, 0.29) is 29.9 Å². The van der Waals surface area contributed by atoms with E-state index in [1.54, 1.807) is 7.11 Å². The number of nitrogens with one attached hydrogen (secondary N) is 3. The molecular formula is C16H27IN4O2. The van der Waals surface area contributed by atoms with Crippen LogP contribution in [0.25, 0.3) is 0 Å². The minimum atomic E-state index is -0.0279. The Morgan fingerprint density at radius 2 is 1.87 bits per heavy atom. The molecule has 23 heavy (non-hydrogen) atoms. The topological polar surface area (TPSA) is 74.8 Å². The average Bonchev–Trinajstić information content (AvgIpc) is 2.51. The molecule has 0 aromatic heterocycles.